The first kappa shape index (κ1) is 20.4. The number of rotatable bonds is 7. The van der Waals surface area contributed by atoms with Crippen LogP contribution in [0, 0.1) is 29.1 Å². The van der Waals surface area contributed by atoms with Crippen LogP contribution in [0.1, 0.15) is 93.4 Å². The van der Waals surface area contributed by atoms with Gasteiger partial charge in [0.05, 0.1) is 11.7 Å². The third kappa shape index (κ3) is 2.49. The van der Waals surface area contributed by atoms with E-state index in [9.17, 15) is 5.11 Å². The number of aliphatic hydroxyl groups is 1. The molecule has 0 aromatic rings. The lowest BCUT2D eigenvalue weighted by Crippen LogP contribution is -2.64. The zero-order valence-corrected chi connectivity index (χ0v) is 19.9. The van der Waals surface area contributed by atoms with Crippen molar-refractivity contribution in [2.45, 2.75) is 122 Å². The van der Waals surface area contributed by atoms with Gasteiger partial charge in [-0.15, -0.1) is 0 Å². The van der Waals surface area contributed by atoms with Gasteiger partial charge in [-0.1, -0.05) is 41.5 Å². The summed E-state index contributed by atoms with van der Waals surface area (Å²) in [5, 5.41) is 10.5. The molecule has 2 nitrogen and oxygen atoms in total. The molecular formula is C24H44O2Si. The van der Waals surface area contributed by atoms with Crippen LogP contribution >= 0.6 is 0 Å². The monoisotopic (exact) mass is 392 g/mol. The first-order chi connectivity index (χ1) is 12.6. The maximum absolute atomic E-state index is 10.5. The standard InChI is InChI=1S/C24H44O2Si/c1-15(2)27(16(3)4,17(5)6)26-24-21-9-8-19(12-21)22(24)20-10-11-23(24,14-20)13-18(7)25/h15-22,25H,8-14H2,1-7H3. The second-order valence-corrected chi connectivity index (χ2v) is 17.2. The van der Waals surface area contributed by atoms with E-state index in [1.165, 1.54) is 38.5 Å². The molecule has 4 rings (SSSR count). The summed E-state index contributed by atoms with van der Waals surface area (Å²) >= 11 is 0. The summed E-state index contributed by atoms with van der Waals surface area (Å²) in [7, 11) is -1.94. The Hall–Kier alpha value is 0.137. The number of fused-ring (bicyclic) bond motifs is 9. The summed E-state index contributed by atoms with van der Waals surface area (Å²) in [5.41, 5.74) is 2.30. The molecule has 0 aliphatic heterocycles. The molecule has 4 aliphatic carbocycles. The minimum Gasteiger partial charge on any atom is -0.409 e. The van der Waals surface area contributed by atoms with Crippen molar-refractivity contribution in [2.75, 3.05) is 0 Å². The van der Waals surface area contributed by atoms with E-state index in [0.717, 1.165) is 30.1 Å². The molecule has 4 bridgehead atoms. The van der Waals surface area contributed by atoms with E-state index in [2.05, 4.69) is 41.5 Å². The molecule has 0 spiro atoms. The molecule has 0 aromatic carbocycles. The highest BCUT2D eigenvalue weighted by Crippen LogP contribution is 2.78. The van der Waals surface area contributed by atoms with Gasteiger partial charge in [0.25, 0.3) is 0 Å². The van der Waals surface area contributed by atoms with Crippen molar-refractivity contribution in [1.82, 2.24) is 0 Å². The minimum absolute atomic E-state index is 0.0981. The van der Waals surface area contributed by atoms with Crippen molar-refractivity contribution in [3.8, 4) is 0 Å². The third-order valence-corrected chi connectivity index (χ3v) is 15.9. The lowest BCUT2D eigenvalue weighted by molar-refractivity contribution is -0.143. The van der Waals surface area contributed by atoms with Crippen LogP contribution in [0.2, 0.25) is 16.6 Å². The normalized spacial score (nSPS) is 44.1. The topological polar surface area (TPSA) is 29.5 Å². The Morgan fingerprint density at radius 3 is 2.11 bits per heavy atom. The first-order valence-corrected chi connectivity index (χ1v) is 14.1. The average Bonchev–Trinajstić information content (AvgIpc) is 3.28. The molecule has 156 valence electrons. The Kier molecular flexibility index (Phi) is 4.97. The van der Waals surface area contributed by atoms with Gasteiger partial charge in [0, 0.05) is 5.41 Å². The summed E-state index contributed by atoms with van der Waals surface area (Å²) in [6.45, 7) is 16.7. The summed E-state index contributed by atoms with van der Waals surface area (Å²) in [6, 6.07) is 0. The van der Waals surface area contributed by atoms with Crippen molar-refractivity contribution in [3.63, 3.8) is 0 Å². The molecule has 0 amide bonds. The molecule has 27 heavy (non-hydrogen) atoms. The zero-order chi connectivity index (χ0) is 19.8. The highest BCUT2D eigenvalue weighted by molar-refractivity contribution is 6.77. The molecule has 4 fully saturated rings. The summed E-state index contributed by atoms with van der Waals surface area (Å²) in [4.78, 5) is 0. The number of hydrogen-bond acceptors (Lipinski definition) is 2. The zero-order valence-electron chi connectivity index (χ0n) is 18.9. The fourth-order valence-corrected chi connectivity index (χ4v) is 15.3. The van der Waals surface area contributed by atoms with Crippen LogP contribution in [0.4, 0.5) is 0 Å². The van der Waals surface area contributed by atoms with Gasteiger partial charge in [-0.3, -0.25) is 0 Å². The van der Waals surface area contributed by atoms with Crippen LogP contribution < -0.4 is 0 Å². The van der Waals surface area contributed by atoms with Gasteiger partial charge in [-0.05, 0) is 92.2 Å². The molecule has 4 saturated carbocycles. The number of aliphatic hydroxyl groups excluding tert-OH is 1. The van der Waals surface area contributed by atoms with Gasteiger partial charge in [0.1, 0.15) is 0 Å². The first-order valence-electron chi connectivity index (χ1n) is 12.0. The van der Waals surface area contributed by atoms with E-state index in [1.807, 2.05) is 6.92 Å². The second kappa shape index (κ2) is 6.57. The molecule has 0 aromatic heterocycles. The largest absolute Gasteiger partial charge is 0.409 e. The predicted octanol–water partition coefficient (Wildman–Crippen LogP) is 6.53. The molecular weight excluding hydrogens is 348 g/mol. The van der Waals surface area contributed by atoms with Crippen LogP contribution in [0.3, 0.4) is 0 Å². The van der Waals surface area contributed by atoms with E-state index in [1.54, 1.807) is 0 Å². The highest BCUT2D eigenvalue weighted by Gasteiger charge is 2.77. The molecule has 0 saturated heterocycles. The predicted molar refractivity (Wildman–Crippen MR) is 115 cm³/mol. The van der Waals surface area contributed by atoms with Gasteiger partial charge in [0.15, 0.2) is 0 Å². The van der Waals surface area contributed by atoms with Crippen molar-refractivity contribution in [2.24, 2.45) is 29.1 Å². The van der Waals surface area contributed by atoms with Gasteiger partial charge >= 0.3 is 0 Å². The maximum Gasteiger partial charge on any atom is 0.201 e. The summed E-state index contributed by atoms with van der Waals surface area (Å²) < 4.78 is 7.89. The molecule has 0 heterocycles. The fraction of sp³-hybridized carbons (Fsp3) is 1.00. The Labute approximate surface area is 169 Å². The SMILES string of the molecule is CC(O)CC12CCC(C1)C1C3CCC(C3)C12O[Si](C(C)C)(C(C)C)C(C)C. The van der Waals surface area contributed by atoms with Gasteiger partial charge in [0.2, 0.25) is 8.32 Å². The Morgan fingerprint density at radius 1 is 0.926 bits per heavy atom. The minimum atomic E-state index is -1.94. The highest BCUT2D eigenvalue weighted by atomic mass is 28.4. The number of hydrogen-bond donors (Lipinski definition) is 1. The summed E-state index contributed by atoms with van der Waals surface area (Å²) in [5.74, 6) is 3.35. The van der Waals surface area contributed by atoms with Gasteiger partial charge in [-0.25, -0.2) is 0 Å². The van der Waals surface area contributed by atoms with Crippen LogP contribution in [0.15, 0.2) is 0 Å². The Balaban J connectivity index is 1.84. The van der Waals surface area contributed by atoms with Crippen molar-refractivity contribution < 1.29 is 9.53 Å². The molecule has 3 heteroatoms. The molecule has 0 radical (unpaired) electrons. The average molecular weight is 393 g/mol. The Morgan fingerprint density at radius 2 is 1.56 bits per heavy atom. The van der Waals surface area contributed by atoms with E-state index in [4.69, 9.17) is 4.43 Å². The fourth-order valence-electron chi connectivity index (χ4n) is 9.52. The second-order valence-electron chi connectivity index (χ2n) is 11.8. The lowest BCUT2D eigenvalue weighted by Gasteiger charge is -2.60. The van der Waals surface area contributed by atoms with Crippen molar-refractivity contribution >= 4 is 8.32 Å². The molecule has 4 aliphatic rings. The molecule has 7 atom stereocenters. The van der Waals surface area contributed by atoms with E-state index < -0.39 is 8.32 Å². The van der Waals surface area contributed by atoms with Gasteiger partial charge < -0.3 is 9.53 Å². The van der Waals surface area contributed by atoms with Crippen LogP contribution in [-0.2, 0) is 4.43 Å². The third-order valence-electron chi connectivity index (χ3n) is 9.81. The van der Waals surface area contributed by atoms with Crippen LogP contribution in [-0.4, -0.2) is 25.1 Å². The van der Waals surface area contributed by atoms with Crippen molar-refractivity contribution in [3.05, 3.63) is 0 Å². The van der Waals surface area contributed by atoms with Crippen LogP contribution in [0.5, 0.6) is 0 Å². The van der Waals surface area contributed by atoms with E-state index >= 15 is 0 Å². The summed E-state index contributed by atoms with van der Waals surface area (Å²) in [6.07, 6.45) is 9.06. The van der Waals surface area contributed by atoms with E-state index in [-0.39, 0.29) is 17.1 Å². The molecule has 1 N–H and O–H groups in total. The maximum atomic E-state index is 10.5. The van der Waals surface area contributed by atoms with Gasteiger partial charge in [-0.2, -0.15) is 0 Å². The lowest BCUT2D eigenvalue weighted by atomic mass is 9.59. The quantitative estimate of drug-likeness (QED) is 0.394. The Bertz CT molecular complexity index is 549. The van der Waals surface area contributed by atoms with Crippen LogP contribution in [0.25, 0.3) is 0 Å². The van der Waals surface area contributed by atoms with E-state index in [0.29, 0.717) is 16.6 Å². The smallest absolute Gasteiger partial charge is 0.201 e. The van der Waals surface area contributed by atoms with Crippen molar-refractivity contribution in [1.29, 1.82) is 0 Å². The molecule has 7 unspecified atom stereocenters.